The van der Waals surface area contributed by atoms with Gasteiger partial charge in [-0.05, 0) is 36.5 Å². The van der Waals surface area contributed by atoms with Crippen molar-refractivity contribution < 1.29 is 4.74 Å². The van der Waals surface area contributed by atoms with Crippen molar-refractivity contribution >= 4 is 11.6 Å². The molecule has 2 rings (SSSR count). The number of hydrogen-bond acceptors (Lipinski definition) is 2. The molecule has 0 saturated heterocycles. The normalized spacial score (nSPS) is 19.3. The molecule has 1 aliphatic rings. The predicted molar refractivity (Wildman–Crippen MR) is 76.1 cm³/mol. The van der Waals surface area contributed by atoms with E-state index in [1.807, 2.05) is 18.2 Å². The van der Waals surface area contributed by atoms with Gasteiger partial charge in [0.1, 0.15) is 5.75 Å². The molecule has 3 heteroatoms. The molecule has 1 aromatic rings. The lowest BCUT2D eigenvalue weighted by atomic mass is 9.88. The van der Waals surface area contributed by atoms with Crippen molar-refractivity contribution in [2.45, 2.75) is 44.6 Å². The third-order valence-corrected chi connectivity index (χ3v) is 4.30. The van der Waals surface area contributed by atoms with Crippen LogP contribution in [0.1, 0.15) is 50.1 Å². The topological polar surface area (TPSA) is 35.2 Å². The molecule has 0 aliphatic heterocycles. The fraction of sp³-hybridized carbons (Fsp3) is 0.600. The molecule has 0 radical (unpaired) electrons. The van der Waals surface area contributed by atoms with Crippen LogP contribution in [0.3, 0.4) is 0 Å². The Balaban J connectivity index is 2.14. The molecule has 1 fully saturated rings. The van der Waals surface area contributed by atoms with Gasteiger partial charge >= 0.3 is 0 Å². The van der Waals surface area contributed by atoms with Crippen molar-refractivity contribution in [3.63, 3.8) is 0 Å². The summed E-state index contributed by atoms with van der Waals surface area (Å²) < 4.78 is 5.17. The lowest BCUT2D eigenvalue weighted by Crippen LogP contribution is -2.21. The molecule has 1 atom stereocenters. The molecule has 0 amide bonds. The van der Waals surface area contributed by atoms with Crippen molar-refractivity contribution in [3.8, 4) is 5.75 Å². The second kappa shape index (κ2) is 6.44. The Morgan fingerprint density at radius 2 is 1.89 bits per heavy atom. The zero-order valence-electron chi connectivity index (χ0n) is 11.0. The minimum absolute atomic E-state index is 0.0570. The summed E-state index contributed by atoms with van der Waals surface area (Å²) in [7, 11) is 1.65. The maximum Gasteiger partial charge on any atom is 0.120 e. The molecule has 1 saturated carbocycles. The van der Waals surface area contributed by atoms with E-state index in [-0.39, 0.29) is 6.04 Å². The molecule has 0 aromatic heterocycles. The second-order valence-electron chi connectivity index (χ2n) is 5.16. The first-order chi connectivity index (χ1) is 8.72. The highest BCUT2D eigenvalue weighted by Gasteiger charge is 2.22. The summed E-state index contributed by atoms with van der Waals surface area (Å²) >= 11 is 6.30. The Morgan fingerprint density at radius 1 is 1.22 bits per heavy atom. The third kappa shape index (κ3) is 3.18. The average molecular weight is 268 g/mol. The number of rotatable bonds is 3. The fourth-order valence-electron chi connectivity index (χ4n) is 2.83. The lowest BCUT2D eigenvalue weighted by molar-refractivity contribution is 0.381. The van der Waals surface area contributed by atoms with Crippen LogP contribution >= 0.6 is 11.6 Å². The van der Waals surface area contributed by atoms with Crippen molar-refractivity contribution in [1.82, 2.24) is 0 Å². The Morgan fingerprint density at radius 3 is 2.44 bits per heavy atom. The average Bonchev–Trinajstić information content (AvgIpc) is 2.66. The van der Waals surface area contributed by atoms with Gasteiger partial charge in [0.2, 0.25) is 0 Å². The number of hydrogen-bond donors (Lipinski definition) is 1. The van der Waals surface area contributed by atoms with E-state index < -0.39 is 0 Å². The monoisotopic (exact) mass is 267 g/mol. The Hall–Kier alpha value is -0.730. The van der Waals surface area contributed by atoms with Crippen LogP contribution in [0, 0.1) is 5.92 Å². The van der Waals surface area contributed by atoms with Crippen LogP contribution in [-0.2, 0) is 0 Å². The molecule has 1 unspecified atom stereocenters. The number of nitrogens with two attached hydrogens (primary N) is 1. The maximum absolute atomic E-state index is 6.41. The Kier molecular flexibility index (Phi) is 4.90. The quantitative estimate of drug-likeness (QED) is 0.828. The molecule has 2 nitrogen and oxygen atoms in total. The van der Waals surface area contributed by atoms with Gasteiger partial charge in [0.25, 0.3) is 0 Å². The van der Waals surface area contributed by atoms with Crippen LogP contribution in [-0.4, -0.2) is 7.11 Å². The Bertz CT molecular complexity index is 386. The van der Waals surface area contributed by atoms with Gasteiger partial charge in [0, 0.05) is 11.1 Å². The van der Waals surface area contributed by atoms with E-state index in [1.165, 1.54) is 38.5 Å². The van der Waals surface area contributed by atoms with Gasteiger partial charge in [-0.25, -0.2) is 0 Å². The zero-order chi connectivity index (χ0) is 13.0. The first-order valence-electron chi connectivity index (χ1n) is 6.81. The molecular formula is C15H22ClNO. The summed E-state index contributed by atoms with van der Waals surface area (Å²) in [5, 5.41) is 0.728. The number of ether oxygens (including phenoxy) is 1. The highest BCUT2D eigenvalue weighted by molar-refractivity contribution is 6.31. The summed E-state index contributed by atoms with van der Waals surface area (Å²) in [6.07, 6.45) is 7.74. The molecule has 1 aliphatic carbocycles. The van der Waals surface area contributed by atoms with E-state index in [1.54, 1.807) is 7.11 Å². The summed E-state index contributed by atoms with van der Waals surface area (Å²) in [6.45, 7) is 0. The largest absolute Gasteiger partial charge is 0.497 e. The second-order valence-corrected chi connectivity index (χ2v) is 5.57. The molecule has 2 N–H and O–H groups in total. The number of methoxy groups -OCH3 is 1. The maximum atomic E-state index is 6.41. The minimum Gasteiger partial charge on any atom is -0.497 e. The van der Waals surface area contributed by atoms with Crippen LogP contribution < -0.4 is 10.5 Å². The number of halogens is 1. The first kappa shape index (κ1) is 13.7. The molecule has 1 aromatic carbocycles. The zero-order valence-corrected chi connectivity index (χ0v) is 11.7. The van der Waals surface area contributed by atoms with Crippen LogP contribution in [0.5, 0.6) is 5.75 Å². The molecule has 0 spiro atoms. The van der Waals surface area contributed by atoms with Gasteiger partial charge in [0.15, 0.2) is 0 Å². The SMILES string of the molecule is COc1ccc(C(N)C2CCCCCC2)c(Cl)c1. The van der Waals surface area contributed by atoms with E-state index in [0.717, 1.165) is 16.3 Å². The molecule has 100 valence electrons. The van der Waals surface area contributed by atoms with E-state index in [2.05, 4.69) is 0 Å². The van der Waals surface area contributed by atoms with E-state index >= 15 is 0 Å². The van der Waals surface area contributed by atoms with Crippen LogP contribution in [0.4, 0.5) is 0 Å². The molecule has 18 heavy (non-hydrogen) atoms. The van der Waals surface area contributed by atoms with Gasteiger partial charge in [0.05, 0.1) is 7.11 Å². The van der Waals surface area contributed by atoms with Gasteiger partial charge in [-0.15, -0.1) is 0 Å². The summed E-state index contributed by atoms with van der Waals surface area (Å²) in [6, 6.07) is 5.86. The van der Waals surface area contributed by atoms with E-state index in [9.17, 15) is 0 Å². The highest BCUT2D eigenvalue weighted by atomic mass is 35.5. The Labute approximate surface area is 114 Å². The molecular weight excluding hydrogens is 246 g/mol. The highest BCUT2D eigenvalue weighted by Crippen LogP contribution is 2.35. The summed E-state index contributed by atoms with van der Waals surface area (Å²) in [5.74, 6) is 1.36. The standard InChI is InChI=1S/C15H22ClNO/c1-18-12-8-9-13(14(16)10-12)15(17)11-6-4-2-3-5-7-11/h8-11,15H,2-7,17H2,1H3. The molecule has 0 bridgehead atoms. The van der Waals surface area contributed by atoms with Gasteiger partial charge in [-0.3, -0.25) is 0 Å². The van der Waals surface area contributed by atoms with Gasteiger partial charge in [-0.2, -0.15) is 0 Å². The first-order valence-corrected chi connectivity index (χ1v) is 7.19. The summed E-state index contributed by atoms with van der Waals surface area (Å²) in [4.78, 5) is 0. The van der Waals surface area contributed by atoms with Crippen molar-refractivity contribution in [2.75, 3.05) is 7.11 Å². The fourth-order valence-corrected chi connectivity index (χ4v) is 3.13. The minimum atomic E-state index is 0.0570. The van der Waals surface area contributed by atoms with Crippen LogP contribution in [0.2, 0.25) is 5.02 Å². The lowest BCUT2D eigenvalue weighted by Gasteiger charge is -2.23. The predicted octanol–water partition coefficient (Wildman–Crippen LogP) is 4.32. The smallest absolute Gasteiger partial charge is 0.120 e. The van der Waals surface area contributed by atoms with Crippen molar-refractivity contribution in [3.05, 3.63) is 28.8 Å². The van der Waals surface area contributed by atoms with E-state index in [4.69, 9.17) is 22.1 Å². The molecule has 0 heterocycles. The van der Waals surface area contributed by atoms with Gasteiger partial charge < -0.3 is 10.5 Å². The third-order valence-electron chi connectivity index (χ3n) is 3.97. The van der Waals surface area contributed by atoms with Gasteiger partial charge in [-0.1, -0.05) is 43.4 Å². The van der Waals surface area contributed by atoms with Crippen LogP contribution in [0.25, 0.3) is 0 Å². The van der Waals surface area contributed by atoms with E-state index in [0.29, 0.717) is 5.92 Å². The summed E-state index contributed by atoms with van der Waals surface area (Å²) in [5.41, 5.74) is 7.47. The van der Waals surface area contributed by atoms with Crippen LogP contribution in [0.15, 0.2) is 18.2 Å². The van der Waals surface area contributed by atoms with Crippen molar-refractivity contribution in [1.29, 1.82) is 0 Å². The van der Waals surface area contributed by atoms with Crippen molar-refractivity contribution in [2.24, 2.45) is 11.7 Å². The number of benzene rings is 1.